The zero-order chi connectivity index (χ0) is 12.5. The van der Waals surface area contributed by atoms with Gasteiger partial charge in [0.2, 0.25) is 5.91 Å². The van der Waals surface area contributed by atoms with Crippen LogP contribution in [-0.4, -0.2) is 44.4 Å². The van der Waals surface area contributed by atoms with Crippen LogP contribution in [0.25, 0.3) is 6.08 Å². The lowest BCUT2D eigenvalue weighted by molar-refractivity contribution is -0.125. The summed E-state index contributed by atoms with van der Waals surface area (Å²) < 4.78 is 1.69. The van der Waals surface area contributed by atoms with E-state index in [1.165, 1.54) is 6.08 Å². The Labute approximate surface area is 100 Å². The Morgan fingerprint density at radius 3 is 2.94 bits per heavy atom. The van der Waals surface area contributed by atoms with Gasteiger partial charge in [-0.2, -0.15) is 5.10 Å². The molecule has 0 saturated carbocycles. The Bertz CT molecular complexity index is 448. The van der Waals surface area contributed by atoms with Gasteiger partial charge in [0.15, 0.2) is 0 Å². The minimum Gasteiger partial charge on any atom is -0.388 e. The van der Waals surface area contributed by atoms with Crippen LogP contribution in [0.1, 0.15) is 18.9 Å². The van der Waals surface area contributed by atoms with Crippen molar-refractivity contribution in [2.45, 2.75) is 18.9 Å². The Hall–Kier alpha value is -1.62. The van der Waals surface area contributed by atoms with Crippen molar-refractivity contribution < 1.29 is 9.90 Å². The zero-order valence-electron chi connectivity index (χ0n) is 10.1. The molecule has 0 aliphatic carbocycles. The Morgan fingerprint density at radius 1 is 1.65 bits per heavy atom. The van der Waals surface area contributed by atoms with E-state index in [0.29, 0.717) is 19.5 Å². The van der Waals surface area contributed by atoms with Crippen LogP contribution in [0.2, 0.25) is 0 Å². The van der Waals surface area contributed by atoms with Gasteiger partial charge in [-0.3, -0.25) is 9.48 Å². The summed E-state index contributed by atoms with van der Waals surface area (Å²) in [4.78, 5) is 13.5. The van der Waals surface area contributed by atoms with Gasteiger partial charge in [0.25, 0.3) is 0 Å². The number of hydrogen-bond donors (Lipinski definition) is 1. The highest BCUT2D eigenvalue weighted by atomic mass is 16.3. The van der Waals surface area contributed by atoms with Crippen LogP contribution in [0.3, 0.4) is 0 Å². The first kappa shape index (κ1) is 11.9. The minimum atomic E-state index is -0.738. The molecule has 2 rings (SSSR count). The first-order chi connectivity index (χ1) is 7.96. The minimum absolute atomic E-state index is 0.0633. The Balaban J connectivity index is 1.96. The molecule has 1 fully saturated rings. The lowest BCUT2D eigenvalue weighted by atomic mass is 10.1. The summed E-state index contributed by atoms with van der Waals surface area (Å²) in [7, 11) is 1.83. The molecule has 0 spiro atoms. The van der Waals surface area contributed by atoms with E-state index in [0.717, 1.165) is 5.56 Å². The second kappa shape index (κ2) is 4.33. The number of aryl methyl sites for hydroxylation is 1. The van der Waals surface area contributed by atoms with E-state index in [1.54, 1.807) is 28.8 Å². The zero-order valence-corrected chi connectivity index (χ0v) is 10.1. The van der Waals surface area contributed by atoms with Crippen LogP contribution in [-0.2, 0) is 11.8 Å². The molecular formula is C12H17N3O2. The third-order valence-electron chi connectivity index (χ3n) is 2.91. The normalized spacial score (nSPS) is 24.8. The summed E-state index contributed by atoms with van der Waals surface area (Å²) >= 11 is 0. The second-order valence-electron chi connectivity index (χ2n) is 4.79. The quantitative estimate of drug-likeness (QED) is 0.756. The molecule has 1 atom stereocenters. The van der Waals surface area contributed by atoms with E-state index < -0.39 is 5.60 Å². The second-order valence-corrected chi connectivity index (χ2v) is 4.79. The fraction of sp³-hybridized carbons (Fsp3) is 0.500. The van der Waals surface area contributed by atoms with Crippen LogP contribution in [0, 0.1) is 0 Å². The SMILES string of the molecule is Cn1cc(/C=C/C(=O)N2CCC(C)(O)C2)cn1. The molecule has 1 aliphatic rings. The Kier molecular flexibility index (Phi) is 3.02. The van der Waals surface area contributed by atoms with E-state index in [-0.39, 0.29) is 5.91 Å². The van der Waals surface area contributed by atoms with E-state index in [4.69, 9.17) is 0 Å². The van der Waals surface area contributed by atoms with Gasteiger partial charge < -0.3 is 10.0 Å². The van der Waals surface area contributed by atoms with Gasteiger partial charge in [-0.05, 0) is 19.4 Å². The highest BCUT2D eigenvalue weighted by molar-refractivity contribution is 5.91. The van der Waals surface area contributed by atoms with Crippen molar-refractivity contribution >= 4 is 12.0 Å². The molecule has 5 heteroatoms. The molecule has 1 aromatic heterocycles. The molecule has 0 aromatic carbocycles. The number of likely N-dealkylation sites (tertiary alicyclic amines) is 1. The molecule has 92 valence electrons. The number of carbonyl (C=O) groups is 1. The van der Waals surface area contributed by atoms with Gasteiger partial charge in [0.05, 0.1) is 11.8 Å². The number of aromatic nitrogens is 2. The number of carbonyl (C=O) groups excluding carboxylic acids is 1. The van der Waals surface area contributed by atoms with E-state index in [9.17, 15) is 9.90 Å². The van der Waals surface area contributed by atoms with Crippen molar-refractivity contribution in [2.75, 3.05) is 13.1 Å². The molecule has 1 aliphatic heterocycles. The maximum atomic E-state index is 11.8. The highest BCUT2D eigenvalue weighted by Crippen LogP contribution is 2.20. The molecule has 1 N–H and O–H groups in total. The van der Waals surface area contributed by atoms with Gasteiger partial charge in [-0.15, -0.1) is 0 Å². The molecule has 5 nitrogen and oxygen atoms in total. The molecule has 1 amide bonds. The standard InChI is InChI=1S/C12H17N3O2/c1-12(17)5-6-15(9-12)11(16)4-3-10-7-13-14(2)8-10/h3-4,7-8,17H,5-6,9H2,1-2H3/b4-3+. The van der Waals surface area contributed by atoms with Crippen molar-refractivity contribution in [3.05, 3.63) is 24.0 Å². The number of amides is 1. The average molecular weight is 235 g/mol. The number of nitrogens with zero attached hydrogens (tertiary/aromatic N) is 3. The maximum absolute atomic E-state index is 11.8. The lowest BCUT2D eigenvalue weighted by Crippen LogP contribution is -2.32. The number of aliphatic hydroxyl groups is 1. The van der Waals surface area contributed by atoms with Crippen LogP contribution >= 0.6 is 0 Å². The van der Waals surface area contributed by atoms with Gasteiger partial charge in [0, 0.05) is 38.0 Å². The Morgan fingerprint density at radius 2 is 2.41 bits per heavy atom. The van der Waals surface area contributed by atoms with Crippen molar-refractivity contribution in [1.29, 1.82) is 0 Å². The average Bonchev–Trinajstić information content (AvgIpc) is 2.81. The fourth-order valence-electron chi connectivity index (χ4n) is 1.93. The van der Waals surface area contributed by atoms with E-state index in [2.05, 4.69) is 5.10 Å². The van der Waals surface area contributed by atoms with Crippen LogP contribution < -0.4 is 0 Å². The van der Waals surface area contributed by atoms with Crippen molar-refractivity contribution in [1.82, 2.24) is 14.7 Å². The number of β-amino-alcohol motifs (C(OH)–C–C–N with tert-alkyl or cyclic N) is 1. The summed E-state index contributed by atoms with van der Waals surface area (Å²) in [6, 6.07) is 0. The first-order valence-corrected chi connectivity index (χ1v) is 5.64. The highest BCUT2D eigenvalue weighted by Gasteiger charge is 2.32. The topological polar surface area (TPSA) is 58.4 Å². The summed E-state index contributed by atoms with van der Waals surface area (Å²) in [5.74, 6) is -0.0633. The monoisotopic (exact) mass is 235 g/mol. The molecule has 0 radical (unpaired) electrons. The first-order valence-electron chi connectivity index (χ1n) is 5.64. The third kappa shape index (κ3) is 2.94. The third-order valence-corrected chi connectivity index (χ3v) is 2.91. The summed E-state index contributed by atoms with van der Waals surface area (Å²) in [5.41, 5.74) is 0.157. The maximum Gasteiger partial charge on any atom is 0.246 e. The number of rotatable bonds is 2. The molecule has 17 heavy (non-hydrogen) atoms. The van der Waals surface area contributed by atoms with Crippen LogP contribution in [0.5, 0.6) is 0 Å². The van der Waals surface area contributed by atoms with Crippen LogP contribution in [0.4, 0.5) is 0 Å². The van der Waals surface area contributed by atoms with E-state index in [1.807, 2.05) is 13.2 Å². The van der Waals surface area contributed by atoms with Gasteiger partial charge >= 0.3 is 0 Å². The van der Waals surface area contributed by atoms with E-state index >= 15 is 0 Å². The molecule has 2 heterocycles. The summed E-state index contributed by atoms with van der Waals surface area (Å²) in [6.07, 6.45) is 7.44. The molecule has 1 unspecified atom stereocenters. The molecule has 0 bridgehead atoms. The molecule has 1 saturated heterocycles. The van der Waals surface area contributed by atoms with Gasteiger partial charge in [-0.1, -0.05) is 0 Å². The van der Waals surface area contributed by atoms with Gasteiger partial charge in [0.1, 0.15) is 0 Å². The molecule has 1 aromatic rings. The van der Waals surface area contributed by atoms with Crippen molar-refractivity contribution in [2.24, 2.45) is 7.05 Å². The fourth-order valence-corrected chi connectivity index (χ4v) is 1.93. The van der Waals surface area contributed by atoms with Crippen molar-refractivity contribution in [3.63, 3.8) is 0 Å². The number of hydrogen-bond acceptors (Lipinski definition) is 3. The largest absolute Gasteiger partial charge is 0.388 e. The van der Waals surface area contributed by atoms with Crippen LogP contribution in [0.15, 0.2) is 18.5 Å². The summed E-state index contributed by atoms with van der Waals surface area (Å²) in [6.45, 7) is 2.78. The smallest absolute Gasteiger partial charge is 0.246 e. The molecular weight excluding hydrogens is 218 g/mol. The lowest BCUT2D eigenvalue weighted by Gasteiger charge is -2.17. The predicted octanol–water partition coefficient (Wildman–Crippen LogP) is 0.417. The predicted molar refractivity (Wildman–Crippen MR) is 64.1 cm³/mol. The summed E-state index contributed by atoms with van der Waals surface area (Å²) in [5, 5.41) is 13.8. The van der Waals surface area contributed by atoms with Gasteiger partial charge in [-0.25, -0.2) is 0 Å². The van der Waals surface area contributed by atoms with Crippen molar-refractivity contribution in [3.8, 4) is 0 Å².